The smallest absolute Gasteiger partial charge is 0.255 e. The van der Waals surface area contributed by atoms with Crippen molar-refractivity contribution < 1.29 is 13.6 Å². The molecule has 0 heterocycles. The molecule has 6 heteroatoms. The van der Waals surface area contributed by atoms with Crippen LogP contribution in [-0.2, 0) is 0 Å². The fourth-order valence-electron chi connectivity index (χ4n) is 1.42. The molecule has 0 bridgehead atoms. The molecule has 0 fully saturated rings. The fourth-order valence-corrected chi connectivity index (χ4v) is 1.72. The Bertz CT molecular complexity index is 647. The van der Waals surface area contributed by atoms with Crippen molar-refractivity contribution in [3.05, 3.63) is 63.6 Å². The average Bonchev–Trinajstić information content (AvgIpc) is 2.36. The Morgan fingerprint density at radius 1 is 1.00 bits per heavy atom. The number of benzene rings is 2. The SMILES string of the molecule is O=C(Nc1ccc(F)cc1F)c1ccc(Cl)c(Cl)c1. The van der Waals surface area contributed by atoms with Crippen LogP contribution in [0.4, 0.5) is 14.5 Å². The van der Waals surface area contributed by atoms with Crippen LogP contribution in [0.5, 0.6) is 0 Å². The number of anilines is 1. The van der Waals surface area contributed by atoms with Gasteiger partial charge in [-0.25, -0.2) is 8.78 Å². The lowest BCUT2D eigenvalue weighted by molar-refractivity contribution is 0.102. The topological polar surface area (TPSA) is 29.1 Å². The lowest BCUT2D eigenvalue weighted by Crippen LogP contribution is -2.13. The van der Waals surface area contributed by atoms with E-state index in [0.717, 1.165) is 12.1 Å². The summed E-state index contributed by atoms with van der Waals surface area (Å²) in [6.07, 6.45) is 0. The van der Waals surface area contributed by atoms with Gasteiger partial charge in [0.2, 0.25) is 0 Å². The Morgan fingerprint density at radius 3 is 2.37 bits per heavy atom. The van der Waals surface area contributed by atoms with E-state index in [9.17, 15) is 13.6 Å². The van der Waals surface area contributed by atoms with E-state index in [1.165, 1.54) is 18.2 Å². The summed E-state index contributed by atoms with van der Waals surface area (Å²) in [4.78, 5) is 11.8. The molecule has 1 amide bonds. The van der Waals surface area contributed by atoms with Gasteiger partial charge in [-0.2, -0.15) is 0 Å². The van der Waals surface area contributed by atoms with Crippen molar-refractivity contribution in [1.82, 2.24) is 0 Å². The number of carbonyl (C=O) groups excluding carboxylic acids is 1. The molecule has 0 aromatic heterocycles. The fraction of sp³-hybridized carbons (Fsp3) is 0. The summed E-state index contributed by atoms with van der Waals surface area (Å²) in [5.74, 6) is -2.14. The summed E-state index contributed by atoms with van der Waals surface area (Å²) in [5, 5.41) is 2.85. The van der Waals surface area contributed by atoms with Crippen molar-refractivity contribution in [3.8, 4) is 0 Å². The number of amides is 1. The molecule has 0 aliphatic heterocycles. The second kappa shape index (κ2) is 5.55. The van der Waals surface area contributed by atoms with E-state index in [0.29, 0.717) is 11.1 Å². The van der Waals surface area contributed by atoms with Gasteiger partial charge in [0, 0.05) is 11.6 Å². The van der Waals surface area contributed by atoms with Crippen LogP contribution in [0.3, 0.4) is 0 Å². The van der Waals surface area contributed by atoms with Crippen LogP contribution in [0.15, 0.2) is 36.4 Å². The maximum Gasteiger partial charge on any atom is 0.255 e. The molecule has 0 radical (unpaired) electrons. The molecule has 0 aliphatic rings. The predicted octanol–water partition coefficient (Wildman–Crippen LogP) is 4.52. The van der Waals surface area contributed by atoms with Gasteiger partial charge in [0.15, 0.2) is 0 Å². The van der Waals surface area contributed by atoms with Gasteiger partial charge in [-0.15, -0.1) is 0 Å². The van der Waals surface area contributed by atoms with Gasteiger partial charge < -0.3 is 5.32 Å². The minimum absolute atomic E-state index is 0.113. The molecule has 19 heavy (non-hydrogen) atoms. The number of nitrogens with one attached hydrogen (secondary N) is 1. The van der Waals surface area contributed by atoms with Gasteiger partial charge in [-0.3, -0.25) is 4.79 Å². The molecule has 0 spiro atoms. The lowest BCUT2D eigenvalue weighted by Gasteiger charge is -2.07. The molecule has 2 aromatic rings. The van der Waals surface area contributed by atoms with Gasteiger partial charge >= 0.3 is 0 Å². The normalized spacial score (nSPS) is 10.3. The first-order valence-electron chi connectivity index (χ1n) is 5.19. The zero-order chi connectivity index (χ0) is 14.0. The molecule has 0 unspecified atom stereocenters. The number of carbonyl (C=O) groups is 1. The molecule has 2 nitrogen and oxygen atoms in total. The molecule has 0 aliphatic carbocycles. The molecule has 98 valence electrons. The van der Waals surface area contributed by atoms with Gasteiger partial charge in [0.25, 0.3) is 5.91 Å². The molecule has 1 N–H and O–H groups in total. The summed E-state index contributed by atoms with van der Waals surface area (Å²) in [6.45, 7) is 0. The summed E-state index contributed by atoms with van der Waals surface area (Å²) < 4.78 is 26.1. The van der Waals surface area contributed by atoms with Crippen LogP contribution < -0.4 is 5.32 Å². The third-order valence-corrected chi connectivity index (χ3v) is 3.10. The van der Waals surface area contributed by atoms with Crippen LogP contribution in [0.2, 0.25) is 10.0 Å². The maximum atomic E-state index is 13.4. The highest BCUT2D eigenvalue weighted by Gasteiger charge is 2.11. The van der Waals surface area contributed by atoms with Crippen LogP contribution in [0.25, 0.3) is 0 Å². The summed E-state index contributed by atoms with van der Waals surface area (Å²) in [7, 11) is 0. The van der Waals surface area contributed by atoms with E-state index in [2.05, 4.69) is 5.32 Å². The second-order valence-electron chi connectivity index (χ2n) is 3.71. The van der Waals surface area contributed by atoms with E-state index in [4.69, 9.17) is 23.2 Å². The second-order valence-corrected chi connectivity index (χ2v) is 4.52. The minimum atomic E-state index is -0.853. The molecular formula is C13H7Cl2F2NO. The van der Waals surface area contributed by atoms with Gasteiger partial charge in [0.1, 0.15) is 11.6 Å². The van der Waals surface area contributed by atoms with Crippen molar-refractivity contribution in [2.24, 2.45) is 0 Å². The first-order chi connectivity index (χ1) is 8.97. The third-order valence-electron chi connectivity index (χ3n) is 2.36. The van der Waals surface area contributed by atoms with Crippen molar-refractivity contribution in [3.63, 3.8) is 0 Å². The average molecular weight is 302 g/mol. The molecule has 0 saturated heterocycles. The first kappa shape index (κ1) is 13.8. The predicted molar refractivity (Wildman–Crippen MR) is 70.8 cm³/mol. The van der Waals surface area contributed by atoms with Gasteiger partial charge in [-0.05, 0) is 30.3 Å². The summed E-state index contributed by atoms with van der Waals surface area (Å²) in [5.41, 5.74) is 0.107. The Kier molecular flexibility index (Phi) is 4.02. The highest BCUT2D eigenvalue weighted by Crippen LogP contribution is 2.23. The minimum Gasteiger partial charge on any atom is -0.319 e. The van der Waals surface area contributed by atoms with Gasteiger partial charge in [0.05, 0.1) is 15.7 Å². The molecule has 0 atom stereocenters. The number of rotatable bonds is 2. The highest BCUT2D eigenvalue weighted by atomic mass is 35.5. The zero-order valence-corrected chi connectivity index (χ0v) is 10.9. The van der Waals surface area contributed by atoms with Crippen LogP contribution in [-0.4, -0.2) is 5.91 Å². The van der Waals surface area contributed by atoms with Crippen molar-refractivity contribution in [2.45, 2.75) is 0 Å². The molecule has 2 aromatic carbocycles. The van der Waals surface area contributed by atoms with Crippen molar-refractivity contribution in [1.29, 1.82) is 0 Å². The highest BCUT2D eigenvalue weighted by molar-refractivity contribution is 6.42. The van der Waals surface area contributed by atoms with Crippen LogP contribution in [0.1, 0.15) is 10.4 Å². The molecule has 2 rings (SSSR count). The number of hydrogen-bond donors (Lipinski definition) is 1. The van der Waals surface area contributed by atoms with E-state index in [-0.39, 0.29) is 16.3 Å². The third kappa shape index (κ3) is 3.22. The lowest BCUT2D eigenvalue weighted by atomic mass is 10.2. The van der Waals surface area contributed by atoms with E-state index >= 15 is 0 Å². The van der Waals surface area contributed by atoms with E-state index < -0.39 is 17.5 Å². The molecule has 0 saturated carbocycles. The first-order valence-corrected chi connectivity index (χ1v) is 5.94. The number of halogens is 4. The maximum absolute atomic E-state index is 13.4. The summed E-state index contributed by atoms with van der Waals surface area (Å²) in [6, 6.07) is 7.14. The van der Waals surface area contributed by atoms with E-state index in [1.807, 2.05) is 0 Å². The van der Waals surface area contributed by atoms with Crippen molar-refractivity contribution in [2.75, 3.05) is 5.32 Å². The summed E-state index contributed by atoms with van der Waals surface area (Å²) >= 11 is 11.5. The van der Waals surface area contributed by atoms with Gasteiger partial charge in [-0.1, -0.05) is 23.2 Å². The zero-order valence-electron chi connectivity index (χ0n) is 9.38. The number of hydrogen-bond acceptors (Lipinski definition) is 1. The quantitative estimate of drug-likeness (QED) is 0.868. The van der Waals surface area contributed by atoms with Crippen LogP contribution >= 0.6 is 23.2 Å². The van der Waals surface area contributed by atoms with Crippen LogP contribution in [0, 0.1) is 11.6 Å². The molecular weight excluding hydrogens is 295 g/mol. The monoisotopic (exact) mass is 301 g/mol. The van der Waals surface area contributed by atoms with Crippen molar-refractivity contribution >= 4 is 34.8 Å². The van der Waals surface area contributed by atoms with E-state index in [1.54, 1.807) is 0 Å². The Balaban J connectivity index is 2.23. The Labute approximate surface area is 118 Å². The standard InChI is InChI=1S/C13H7Cl2F2NO/c14-9-3-1-7(5-10(9)15)13(19)18-12-4-2-8(16)6-11(12)17/h1-6H,(H,18,19). The largest absolute Gasteiger partial charge is 0.319 e. The Hall–Kier alpha value is -1.65. The Morgan fingerprint density at radius 2 is 1.74 bits per heavy atom.